The van der Waals surface area contributed by atoms with Gasteiger partial charge in [-0.05, 0) is 48.5 Å². The third kappa shape index (κ3) is 4.67. The summed E-state index contributed by atoms with van der Waals surface area (Å²) in [6.07, 6.45) is 0. The number of rotatable bonds is 7. The first-order chi connectivity index (χ1) is 13.7. The maximum atomic E-state index is 12.1. The van der Waals surface area contributed by atoms with Crippen LogP contribution in [0.1, 0.15) is 5.56 Å². The van der Waals surface area contributed by atoms with Gasteiger partial charge in [0, 0.05) is 7.05 Å². The molecular formula is C22H20N2O4. The van der Waals surface area contributed by atoms with E-state index in [4.69, 9.17) is 14.3 Å². The number of carbonyl (C=O) groups excluding carboxylic acids is 1. The zero-order valence-corrected chi connectivity index (χ0v) is 15.6. The molecule has 0 radical (unpaired) electrons. The number of hydrogen-bond donors (Lipinski definition) is 1. The van der Waals surface area contributed by atoms with Crippen LogP contribution in [0.5, 0.6) is 23.0 Å². The predicted molar refractivity (Wildman–Crippen MR) is 107 cm³/mol. The summed E-state index contributed by atoms with van der Waals surface area (Å²) in [6, 6.07) is 23.9. The van der Waals surface area contributed by atoms with Crippen molar-refractivity contribution in [3.05, 3.63) is 84.4 Å². The molecule has 0 aromatic heterocycles. The highest BCUT2D eigenvalue weighted by Gasteiger charge is 2.18. The molecule has 0 unspecified atom stereocenters. The number of amides is 1. The van der Waals surface area contributed by atoms with Crippen molar-refractivity contribution >= 4 is 11.6 Å². The van der Waals surface area contributed by atoms with Crippen molar-refractivity contribution in [1.82, 2.24) is 5.32 Å². The van der Waals surface area contributed by atoms with Crippen molar-refractivity contribution in [3.63, 3.8) is 0 Å². The molecule has 0 bridgehead atoms. The van der Waals surface area contributed by atoms with Crippen LogP contribution < -0.4 is 14.8 Å². The maximum Gasteiger partial charge on any atom is 0.273 e. The third-order valence-electron chi connectivity index (χ3n) is 3.80. The summed E-state index contributed by atoms with van der Waals surface area (Å²) < 4.78 is 11.7. The zero-order valence-electron chi connectivity index (χ0n) is 15.6. The molecule has 0 saturated carbocycles. The number of benzene rings is 3. The lowest BCUT2D eigenvalue weighted by Crippen LogP contribution is -2.28. The van der Waals surface area contributed by atoms with Gasteiger partial charge < -0.3 is 19.6 Å². The van der Waals surface area contributed by atoms with Gasteiger partial charge >= 0.3 is 0 Å². The quantitative estimate of drug-likeness (QED) is 0.491. The molecule has 1 amide bonds. The topological polar surface area (TPSA) is 69.2 Å². The Morgan fingerprint density at radius 1 is 0.786 bits per heavy atom. The summed E-state index contributed by atoms with van der Waals surface area (Å²) >= 11 is 0. The normalized spacial score (nSPS) is 10.9. The minimum absolute atomic E-state index is 0.129. The number of nitrogens with one attached hydrogen (secondary N) is 1. The predicted octanol–water partition coefficient (Wildman–Crippen LogP) is 4.37. The largest absolute Gasteiger partial charge is 0.457 e. The van der Waals surface area contributed by atoms with Crippen molar-refractivity contribution in [2.45, 2.75) is 0 Å². The van der Waals surface area contributed by atoms with Gasteiger partial charge in [0.25, 0.3) is 5.91 Å². The molecule has 0 heterocycles. The van der Waals surface area contributed by atoms with Gasteiger partial charge in [-0.3, -0.25) is 4.79 Å². The Balaban J connectivity index is 1.80. The van der Waals surface area contributed by atoms with Crippen LogP contribution in [0.3, 0.4) is 0 Å². The molecule has 0 saturated heterocycles. The number of likely N-dealkylation sites (N-methyl/N-ethyl adjacent to an activating group) is 1. The van der Waals surface area contributed by atoms with Crippen molar-refractivity contribution in [2.75, 3.05) is 14.2 Å². The molecule has 0 aliphatic rings. The molecule has 1 N–H and O–H groups in total. The van der Waals surface area contributed by atoms with E-state index in [0.717, 1.165) is 5.75 Å². The summed E-state index contributed by atoms with van der Waals surface area (Å²) in [5, 5.41) is 6.38. The molecule has 3 aromatic rings. The van der Waals surface area contributed by atoms with Gasteiger partial charge in [-0.25, -0.2) is 0 Å². The van der Waals surface area contributed by atoms with Gasteiger partial charge in [0.15, 0.2) is 5.71 Å². The van der Waals surface area contributed by atoms with Crippen molar-refractivity contribution in [1.29, 1.82) is 0 Å². The second kappa shape index (κ2) is 9.23. The Labute approximate surface area is 163 Å². The second-order valence-corrected chi connectivity index (χ2v) is 5.69. The molecule has 0 aliphatic carbocycles. The Morgan fingerprint density at radius 2 is 1.36 bits per heavy atom. The molecule has 28 heavy (non-hydrogen) atoms. The number of carbonyl (C=O) groups is 1. The molecular weight excluding hydrogens is 356 g/mol. The summed E-state index contributed by atoms with van der Waals surface area (Å²) in [5.74, 6) is 2.16. The highest BCUT2D eigenvalue weighted by atomic mass is 16.6. The number of nitrogens with zero attached hydrogens (tertiary/aromatic N) is 1. The van der Waals surface area contributed by atoms with E-state index in [1.165, 1.54) is 14.2 Å². The molecule has 0 spiro atoms. The standard InChI is InChI=1S/C22H20N2O4/c1-23-22(25)21(24-26-2)19-10-6-7-11-20(19)28-18-14-12-17(13-15-18)27-16-8-4-3-5-9-16/h3-15H,1-2H3,(H,23,25)/b24-21+. The van der Waals surface area contributed by atoms with Gasteiger partial charge in [0.05, 0.1) is 5.56 Å². The monoisotopic (exact) mass is 376 g/mol. The summed E-state index contributed by atoms with van der Waals surface area (Å²) in [5.41, 5.74) is 0.651. The molecule has 142 valence electrons. The summed E-state index contributed by atoms with van der Waals surface area (Å²) in [7, 11) is 2.92. The van der Waals surface area contributed by atoms with Crippen LogP contribution >= 0.6 is 0 Å². The fourth-order valence-corrected chi connectivity index (χ4v) is 2.50. The number of para-hydroxylation sites is 2. The van der Waals surface area contributed by atoms with Crippen LogP contribution in [0.4, 0.5) is 0 Å². The highest BCUT2D eigenvalue weighted by Crippen LogP contribution is 2.29. The summed E-state index contributed by atoms with van der Waals surface area (Å²) in [4.78, 5) is 16.9. The van der Waals surface area contributed by atoms with Crippen LogP contribution in [-0.2, 0) is 9.63 Å². The number of oxime groups is 1. The molecule has 3 aromatic carbocycles. The van der Waals surface area contributed by atoms with Crippen molar-refractivity contribution in [3.8, 4) is 23.0 Å². The van der Waals surface area contributed by atoms with Crippen LogP contribution in [0.15, 0.2) is 84.0 Å². The lowest BCUT2D eigenvalue weighted by Gasteiger charge is -2.12. The third-order valence-corrected chi connectivity index (χ3v) is 3.80. The zero-order chi connectivity index (χ0) is 19.8. The first-order valence-electron chi connectivity index (χ1n) is 8.64. The molecule has 6 heteroatoms. The number of ether oxygens (including phenoxy) is 2. The van der Waals surface area contributed by atoms with E-state index >= 15 is 0 Å². The van der Waals surface area contributed by atoms with Crippen molar-refractivity contribution in [2.24, 2.45) is 5.16 Å². The second-order valence-electron chi connectivity index (χ2n) is 5.69. The molecule has 3 rings (SSSR count). The summed E-state index contributed by atoms with van der Waals surface area (Å²) in [6.45, 7) is 0. The van der Waals surface area contributed by atoms with Gasteiger partial charge in [-0.15, -0.1) is 0 Å². The van der Waals surface area contributed by atoms with Crippen LogP contribution in [0.2, 0.25) is 0 Å². The van der Waals surface area contributed by atoms with Gasteiger partial charge in [0.2, 0.25) is 0 Å². The molecule has 0 fully saturated rings. The first kappa shape index (κ1) is 19.0. The van der Waals surface area contributed by atoms with E-state index in [0.29, 0.717) is 22.8 Å². The van der Waals surface area contributed by atoms with E-state index < -0.39 is 0 Å². The minimum atomic E-state index is -0.371. The maximum absolute atomic E-state index is 12.1. The average molecular weight is 376 g/mol. The fourth-order valence-electron chi connectivity index (χ4n) is 2.50. The van der Waals surface area contributed by atoms with Crippen LogP contribution in [0.25, 0.3) is 0 Å². The number of hydrogen-bond acceptors (Lipinski definition) is 5. The molecule has 0 aliphatic heterocycles. The first-order valence-corrected chi connectivity index (χ1v) is 8.64. The van der Waals surface area contributed by atoms with Gasteiger partial charge in [-0.2, -0.15) is 0 Å². The van der Waals surface area contributed by atoms with Gasteiger partial charge in [-0.1, -0.05) is 35.5 Å². The van der Waals surface area contributed by atoms with E-state index in [9.17, 15) is 4.79 Å². The SMILES string of the molecule is CNC(=O)/C(=N/OC)c1ccccc1Oc1ccc(Oc2ccccc2)cc1. The minimum Gasteiger partial charge on any atom is -0.457 e. The van der Waals surface area contributed by atoms with Crippen molar-refractivity contribution < 1.29 is 19.1 Å². The van der Waals surface area contributed by atoms with E-state index in [1.807, 2.05) is 48.5 Å². The Kier molecular flexibility index (Phi) is 6.25. The van der Waals surface area contributed by atoms with E-state index in [2.05, 4.69) is 10.5 Å². The van der Waals surface area contributed by atoms with Gasteiger partial charge in [0.1, 0.15) is 30.1 Å². The van der Waals surface area contributed by atoms with Crippen LogP contribution in [-0.4, -0.2) is 25.8 Å². The molecule has 6 nitrogen and oxygen atoms in total. The Hall–Kier alpha value is -3.80. The average Bonchev–Trinajstić information content (AvgIpc) is 2.74. The fraction of sp³-hybridized carbons (Fsp3) is 0.0909. The lowest BCUT2D eigenvalue weighted by molar-refractivity contribution is -0.114. The Morgan fingerprint density at radius 3 is 2.00 bits per heavy atom. The van der Waals surface area contributed by atoms with E-state index in [1.54, 1.807) is 30.3 Å². The van der Waals surface area contributed by atoms with E-state index in [-0.39, 0.29) is 11.6 Å². The highest BCUT2D eigenvalue weighted by molar-refractivity contribution is 6.45. The molecule has 0 atom stereocenters. The van der Waals surface area contributed by atoms with Crippen LogP contribution in [0, 0.1) is 0 Å². The Bertz CT molecular complexity index is 954. The lowest BCUT2D eigenvalue weighted by atomic mass is 10.1. The smallest absolute Gasteiger partial charge is 0.273 e.